The molecular weight excluding hydrogens is 322 g/mol. The van der Waals surface area contributed by atoms with Crippen LogP contribution in [0.1, 0.15) is 13.8 Å². The van der Waals surface area contributed by atoms with Crippen LogP contribution in [-0.4, -0.2) is 50.7 Å². The lowest BCUT2D eigenvalue weighted by Gasteiger charge is -2.26. The molecule has 2 unspecified atom stereocenters. The van der Waals surface area contributed by atoms with Crippen molar-refractivity contribution >= 4 is 5.97 Å². The highest BCUT2D eigenvalue weighted by Gasteiger charge is 2.57. The first-order valence-corrected chi connectivity index (χ1v) is 7.17. The molecule has 1 aliphatic rings. The highest BCUT2D eigenvalue weighted by atomic mass is 16.6. The number of aliphatic hydroxyl groups is 2. The molecule has 24 heavy (non-hydrogen) atoms. The molecule has 1 aromatic rings. The van der Waals surface area contributed by atoms with Gasteiger partial charge in [0.05, 0.1) is 5.92 Å². The first-order valence-electron chi connectivity index (χ1n) is 7.17. The van der Waals surface area contributed by atoms with Crippen molar-refractivity contribution in [3.63, 3.8) is 0 Å². The maximum absolute atomic E-state index is 11.9. The number of hydrogen-bond donors (Lipinski definition) is 3. The number of carbonyl (C=O) groups is 1. The van der Waals surface area contributed by atoms with E-state index in [2.05, 4.69) is 0 Å². The summed E-state index contributed by atoms with van der Waals surface area (Å²) < 4.78 is 11.0. The molecule has 0 aromatic carbocycles. The van der Waals surface area contributed by atoms with Crippen molar-refractivity contribution in [1.29, 1.82) is 5.26 Å². The number of carbonyl (C=O) groups excluding carboxylic acids is 1. The van der Waals surface area contributed by atoms with E-state index in [0.717, 1.165) is 12.3 Å². The molecule has 130 valence electrons. The van der Waals surface area contributed by atoms with Gasteiger partial charge in [-0.15, -0.1) is 0 Å². The SMILES string of the molecule is CC(C)C(=O)OC[C@H]1O[C@@](C#N)(n2ccc(=O)[nH]c2=O)C(O)C1O. The van der Waals surface area contributed by atoms with E-state index in [0.29, 0.717) is 4.57 Å². The summed E-state index contributed by atoms with van der Waals surface area (Å²) in [6.45, 7) is 2.82. The number of aliphatic hydroxyl groups excluding tert-OH is 2. The number of H-pyrrole nitrogens is 1. The summed E-state index contributed by atoms with van der Waals surface area (Å²) >= 11 is 0. The van der Waals surface area contributed by atoms with E-state index in [1.807, 2.05) is 4.98 Å². The van der Waals surface area contributed by atoms with E-state index >= 15 is 0 Å². The van der Waals surface area contributed by atoms with Gasteiger partial charge >= 0.3 is 11.7 Å². The smallest absolute Gasteiger partial charge is 0.331 e. The lowest BCUT2D eigenvalue weighted by molar-refractivity contribution is -0.157. The summed E-state index contributed by atoms with van der Waals surface area (Å²) in [4.78, 5) is 36.5. The number of nitrogens with one attached hydrogen (secondary N) is 1. The Morgan fingerprint density at radius 2 is 2.21 bits per heavy atom. The Bertz CT molecular complexity index is 778. The second-order valence-corrected chi connectivity index (χ2v) is 5.66. The zero-order valence-electron chi connectivity index (χ0n) is 13.0. The third kappa shape index (κ3) is 2.96. The molecule has 0 amide bonds. The monoisotopic (exact) mass is 339 g/mol. The molecule has 0 saturated carbocycles. The van der Waals surface area contributed by atoms with Crippen LogP contribution in [0, 0.1) is 17.2 Å². The van der Waals surface area contributed by atoms with Gasteiger partial charge in [0.25, 0.3) is 11.3 Å². The molecule has 2 rings (SSSR count). The quantitative estimate of drug-likeness (QED) is 0.534. The Labute approximate surface area is 135 Å². The number of aromatic nitrogens is 2. The number of esters is 1. The molecule has 1 aromatic heterocycles. The van der Waals surface area contributed by atoms with E-state index < -0.39 is 53.8 Å². The molecule has 4 atom stereocenters. The van der Waals surface area contributed by atoms with Crippen LogP contribution < -0.4 is 11.2 Å². The van der Waals surface area contributed by atoms with Crippen molar-refractivity contribution in [2.75, 3.05) is 6.61 Å². The zero-order valence-corrected chi connectivity index (χ0v) is 13.0. The van der Waals surface area contributed by atoms with Crippen LogP contribution in [0.15, 0.2) is 21.9 Å². The van der Waals surface area contributed by atoms with E-state index in [9.17, 15) is 29.9 Å². The third-order valence-electron chi connectivity index (χ3n) is 3.64. The normalized spacial score (nSPS) is 29.4. The number of ether oxygens (including phenoxy) is 2. The maximum Gasteiger partial charge on any atom is 0.331 e. The van der Waals surface area contributed by atoms with Gasteiger partial charge in [-0.2, -0.15) is 5.26 Å². The molecule has 0 aliphatic carbocycles. The second-order valence-electron chi connectivity index (χ2n) is 5.66. The fourth-order valence-electron chi connectivity index (χ4n) is 2.29. The van der Waals surface area contributed by atoms with E-state index in [1.165, 1.54) is 0 Å². The molecule has 1 saturated heterocycles. The molecule has 3 N–H and O–H groups in total. The number of nitriles is 1. The summed E-state index contributed by atoms with van der Waals surface area (Å²) in [5, 5.41) is 29.7. The molecule has 2 heterocycles. The maximum atomic E-state index is 11.9. The van der Waals surface area contributed by atoms with Crippen LogP contribution in [0.5, 0.6) is 0 Å². The molecule has 10 nitrogen and oxygen atoms in total. The fourth-order valence-corrected chi connectivity index (χ4v) is 2.29. The average Bonchev–Trinajstić information content (AvgIpc) is 2.77. The molecule has 1 aliphatic heterocycles. The Morgan fingerprint density at radius 1 is 1.54 bits per heavy atom. The first-order chi connectivity index (χ1) is 11.2. The topological polar surface area (TPSA) is 155 Å². The summed E-state index contributed by atoms with van der Waals surface area (Å²) in [7, 11) is 0. The minimum atomic E-state index is -2.25. The number of aromatic amines is 1. The molecule has 10 heteroatoms. The highest BCUT2D eigenvalue weighted by molar-refractivity contribution is 5.71. The van der Waals surface area contributed by atoms with E-state index in [1.54, 1.807) is 19.9 Å². The summed E-state index contributed by atoms with van der Waals surface area (Å²) in [5.74, 6) is -0.952. The standard InChI is InChI=1S/C14H17N3O7/c1-7(2)12(21)23-5-8-10(19)11(20)14(6-15,24-8)17-4-3-9(18)16-13(17)22/h3-4,7-8,10-11,19-20H,5H2,1-2H3,(H,16,18,22)/t8-,10?,11?,14-/m1/s1. The van der Waals surface area contributed by atoms with Crippen molar-refractivity contribution in [3.8, 4) is 6.07 Å². The largest absolute Gasteiger partial charge is 0.463 e. The van der Waals surface area contributed by atoms with Crippen LogP contribution in [0.2, 0.25) is 0 Å². The minimum absolute atomic E-state index is 0.406. The lowest BCUT2D eigenvalue weighted by atomic mass is 10.0. The predicted molar refractivity (Wildman–Crippen MR) is 77.6 cm³/mol. The fraction of sp³-hybridized carbons (Fsp3) is 0.571. The number of rotatable bonds is 4. The van der Waals surface area contributed by atoms with Gasteiger partial charge in [0, 0.05) is 12.3 Å². The second kappa shape index (κ2) is 6.56. The summed E-state index contributed by atoms with van der Waals surface area (Å²) in [6.07, 6.45) is -3.62. The van der Waals surface area contributed by atoms with Crippen LogP contribution in [-0.2, 0) is 20.0 Å². The molecule has 0 bridgehead atoms. The van der Waals surface area contributed by atoms with Gasteiger partial charge in [0.2, 0.25) is 0 Å². The van der Waals surface area contributed by atoms with E-state index in [-0.39, 0.29) is 0 Å². The van der Waals surface area contributed by atoms with Crippen molar-refractivity contribution in [2.45, 2.75) is 37.9 Å². The Balaban J connectivity index is 2.32. The lowest BCUT2D eigenvalue weighted by Crippen LogP contribution is -2.50. The molecular formula is C14H17N3O7. The van der Waals surface area contributed by atoms with Crippen molar-refractivity contribution in [3.05, 3.63) is 33.1 Å². The number of hydrogen-bond acceptors (Lipinski definition) is 8. The summed E-state index contributed by atoms with van der Waals surface area (Å²) in [5.41, 5.74) is -3.94. The van der Waals surface area contributed by atoms with Crippen LogP contribution >= 0.6 is 0 Å². The minimum Gasteiger partial charge on any atom is -0.463 e. The first kappa shape index (κ1) is 17.9. The highest BCUT2D eigenvalue weighted by Crippen LogP contribution is 2.34. The van der Waals surface area contributed by atoms with Crippen LogP contribution in [0.4, 0.5) is 0 Å². The third-order valence-corrected chi connectivity index (χ3v) is 3.64. The van der Waals surface area contributed by atoms with Crippen molar-refractivity contribution in [1.82, 2.24) is 9.55 Å². The van der Waals surface area contributed by atoms with Crippen molar-refractivity contribution in [2.24, 2.45) is 5.92 Å². The van der Waals surface area contributed by atoms with Crippen LogP contribution in [0.25, 0.3) is 0 Å². The molecule has 0 radical (unpaired) electrons. The van der Waals surface area contributed by atoms with Gasteiger partial charge in [-0.1, -0.05) is 13.8 Å². The Hall–Kier alpha value is -2.48. The van der Waals surface area contributed by atoms with Gasteiger partial charge < -0.3 is 19.7 Å². The van der Waals surface area contributed by atoms with Gasteiger partial charge in [0.1, 0.15) is 31.0 Å². The molecule has 0 spiro atoms. The number of nitrogens with zero attached hydrogens (tertiary/aromatic N) is 2. The van der Waals surface area contributed by atoms with Crippen molar-refractivity contribution < 1.29 is 24.5 Å². The van der Waals surface area contributed by atoms with Crippen LogP contribution in [0.3, 0.4) is 0 Å². The molecule has 1 fully saturated rings. The summed E-state index contributed by atoms with van der Waals surface area (Å²) in [6, 6.07) is 2.61. The van der Waals surface area contributed by atoms with Gasteiger partial charge in [0.15, 0.2) is 0 Å². The predicted octanol–water partition coefficient (Wildman–Crippen LogP) is -1.97. The zero-order chi connectivity index (χ0) is 18.1. The average molecular weight is 339 g/mol. The Morgan fingerprint density at radius 3 is 2.75 bits per heavy atom. The van der Waals surface area contributed by atoms with Gasteiger partial charge in [-0.3, -0.25) is 19.1 Å². The Kier molecular flexibility index (Phi) is 4.88. The van der Waals surface area contributed by atoms with E-state index in [4.69, 9.17) is 9.47 Å². The van der Waals surface area contributed by atoms with Gasteiger partial charge in [-0.25, -0.2) is 4.79 Å². The van der Waals surface area contributed by atoms with Gasteiger partial charge in [-0.05, 0) is 0 Å².